The topological polar surface area (TPSA) is 72.5 Å². The summed E-state index contributed by atoms with van der Waals surface area (Å²) in [5.41, 5.74) is 0.692. The number of hydrogen-bond donors (Lipinski definition) is 0. The highest BCUT2D eigenvalue weighted by Crippen LogP contribution is 2.42. The number of alkyl halides is 11. The van der Waals surface area contributed by atoms with Crippen LogP contribution in [0.4, 0.5) is 48.3 Å². The molecule has 0 fully saturated rings. The van der Waals surface area contributed by atoms with Crippen molar-refractivity contribution in [3.05, 3.63) is 60.7 Å². The predicted molar refractivity (Wildman–Crippen MR) is 147 cm³/mol. The molecule has 3 aromatic rings. The molecule has 0 unspecified atom stereocenters. The zero-order valence-electron chi connectivity index (χ0n) is 24.5. The fourth-order valence-electron chi connectivity index (χ4n) is 3.92. The van der Waals surface area contributed by atoms with Crippen molar-refractivity contribution in [2.45, 2.75) is 63.8 Å². The highest BCUT2D eigenvalue weighted by molar-refractivity contribution is 7.22. The van der Waals surface area contributed by atoms with E-state index in [4.69, 9.17) is 4.74 Å². The van der Waals surface area contributed by atoms with Gasteiger partial charge in [0.25, 0.3) is 0 Å². The maximum absolute atomic E-state index is 14.1. The van der Waals surface area contributed by atoms with Crippen LogP contribution in [0.2, 0.25) is 0 Å². The van der Waals surface area contributed by atoms with E-state index in [0.29, 0.717) is 33.0 Å². The van der Waals surface area contributed by atoms with Crippen LogP contribution in [-0.2, 0) is 30.2 Å². The Morgan fingerprint density at radius 2 is 1.46 bits per heavy atom. The first kappa shape index (κ1) is 38.8. The van der Waals surface area contributed by atoms with Crippen LogP contribution in [-0.4, -0.2) is 50.4 Å². The number of esters is 1. The highest BCUT2D eigenvalue weighted by atomic mass is 32.1. The van der Waals surface area contributed by atoms with E-state index in [1.165, 1.54) is 24.3 Å². The summed E-state index contributed by atoms with van der Waals surface area (Å²) in [7, 11) is 0. The summed E-state index contributed by atoms with van der Waals surface area (Å²) < 4.78 is 170. The number of rotatable bonds is 18. The number of aryl methyl sites for hydroxylation is 1. The van der Waals surface area contributed by atoms with Crippen molar-refractivity contribution in [3.8, 4) is 21.9 Å². The smallest absolute Gasteiger partial charge is 0.484 e. The van der Waals surface area contributed by atoms with Crippen molar-refractivity contribution in [3.63, 3.8) is 0 Å². The van der Waals surface area contributed by atoms with Crippen molar-refractivity contribution >= 4 is 27.4 Å². The fraction of sp³-hybridized carbons (Fsp3) is 0.414. The number of fused-ring (bicyclic) bond motifs is 1. The molecule has 1 aromatic heterocycles. The number of halogens is 11. The largest absolute Gasteiger partial charge is 0.573 e. The molecule has 0 amide bonds. The molecule has 7 nitrogen and oxygen atoms in total. The Balaban J connectivity index is 1.69. The number of thiophene rings is 1. The summed E-state index contributed by atoms with van der Waals surface area (Å²) in [6, 6.07) is 9.39. The fourth-order valence-corrected chi connectivity index (χ4v) is 5.04. The molecule has 0 bridgehead atoms. The van der Waals surface area contributed by atoms with Gasteiger partial charge in [-0.15, -0.1) is 42.1 Å². The lowest BCUT2D eigenvalue weighted by Crippen LogP contribution is -2.46. The molecule has 0 saturated heterocycles. The molecule has 19 heteroatoms. The summed E-state index contributed by atoms with van der Waals surface area (Å²) in [4.78, 5) is 11.1. The van der Waals surface area contributed by atoms with Gasteiger partial charge in [-0.05, 0) is 60.2 Å². The van der Waals surface area contributed by atoms with Crippen LogP contribution < -0.4 is 9.47 Å². The van der Waals surface area contributed by atoms with Crippen molar-refractivity contribution in [2.24, 2.45) is 0 Å². The minimum Gasteiger partial charge on any atom is -0.484 e. The van der Waals surface area contributed by atoms with E-state index in [2.05, 4.69) is 30.3 Å². The maximum atomic E-state index is 14.1. The van der Waals surface area contributed by atoms with Gasteiger partial charge in [0.15, 0.2) is 13.2 Å². The number of carbonyl (C=O) groups excluding carboxylic acids is 1. The van der Waals surface area contributed by atoms with Crippen molar-refractivity contribution in [2.75, 3.05) is 13.2 Å². The van der Waals surface area contributed by atoms with E-state index in [1.807, 2.05) is 6.92 Å². The van der Waals surface area contributed by atoms with E-state index in [-0.39, 0.29) is 11.3 Å². The highest BCUT2D eigenvalue weighted by Gasteiger charge is 2.57. The molecule has 1 heterocycles. The molecule has 3 rings (SSSR count). The monoisotopic (exact) mass is 726 g/mol. The van der Waals surface area contributed by atoms with Gasteiger partial charge < -0.3 is 14.2 Å². The van der Waals surface area contributed by atoms with Gasteiger partial charge in [0.1, 0.15) is 11.5 Å². The van der Waals surface area contributed by atoms with E-state index in [9.17, 15) is 53.1 Å². The van der Waals surface area contributed by atoms with Gasteiger partial charge in [0.05, 0.1) is 0 Å². The van der Waals surface area contributed by atoms with Crippen molar-refractivity contribution in [1.29, 1.82) is 0 Å². The maximum Gasteiger partial charge on any atom is 0.573 e. The summed E-state index contributed by atoms with van der Waals surface area (Å²) in [6.07, 6.45) is -23.6. The van der Waals surface area contributed by atoms with Crippen LogP contribution in [0, 0.1) is 0 Å². The Kier molecular flexibility index (Phi) is 12.3. The zero-order chi connectivity index (χ0) is 36.0. The van der Waals surface area contributed by atoms with Gasteiger partial charge >= 0.3 is 37.1 Å². The molecule has 0 aliphatic heterocycles. The lowest BCUT2D eigenvalue weighted by Gasteiger charge is -2.27. The first-order valence-corrected chi connectivity index (χ1v) is 14.4. The number of ether oxygens (including phenoxy) is 6. The van der Waals surface area contributed by atoms with Gasteiger partial charge in [0.2, 0.25) is 0 Å². The third-order valence-electron chi connectivity index (χ3n) is 5.83. The molecule has 0 radical (unpaired) electrons. The quantitative estimate of drug-likeness (QED) is 0.0425. The molecular weight excluding hydrogens is 701 g/mol. The van der Waals surface area contributed by atoms with Gasteiger partial charge in [-0.3, -0.25) is 0 Å². The predicted octanol–water partition coefficient (Wildman–Crippen LogP) is 9.64. The van der Waals surface area contributed by atoms with Gasteiger partial charge in [-0.2, -0.15) is 17.6 Å². The number of benzene rings is 2. The molecular formula is C29H25F11O7S. The normalized spacial score (nSPS) is 13.1. The second-order valence-corrected chi connectivity index (χ2v) is 10.8. The molecule has 0 N–H and O–H groups in total. The molecule has 0 spiro atoms. The SMILES string of the molecule is C=CC(=O)OCC(F)(F)OC(F)(F)OC(F)(F)OC(F)(F)COc1ccc2cc(-c3ccc(CCCCC)cc3OC(F)(F)F)sc2c1. The minimum atomic E-state index is -5.94. The molecule has 48 heavy (non-hydrogen) atoms. The van der Waals surface area contributed by atoms with Crippen LogP contribution in [0.1, 0.15) is 31.7 Å². The molecule has 0 saturated carbocycles. The molecule has 0 aliphatic carbocycles. The van der Waals surface area contributed by atoms with E-state index < -0.39 is 56.1 Å². The first-order chi connectivity index (χ1) is 22.1. The van der Waals surface area contributed by atoms with Gasteiger partial charge in [-0.1, -0.05) is 32.4 Å². The standard InChI is InChI=1S/C29H25F11O7S/c1-3-5-6-7-17-8-11-20(21(12-17)44-27(34,35)36)23-13-18-9-10-19(14-22(18)48-23)42-15-25(30,31)45-28(37,38)47-29(39,40)46-26(32,33)16-43-24(41)4-2/h4,8-14H,2-3,5-7,15-16H2,1H3. The minimum absolute atomic E-state index is 0.0775. The summed E-state index contributed by atoms with van der Waals surface area (Å²) >= 11 is 0.915. The van der Waals surface area contributed by atoms with E-state index >= 15 is 0 Å². The van der Waals surface area contributed by atoms with Crippen LogP contribution in [0.25, 0.3) is 20.5 Å². The third-order valence-corrected chi connectivity index (χ3v) is 6.96. The van der Waals surface area contributed by atoms with Crippen molar-refractivity contribution in [1.82, 2.24) is 0 Å². The van der Waals surface area contributed by atoms with Crippen molar-refractivity contribution < 1.29 is 81.5 Å². The Bertz CT molecular complexity index is 1560. The lowest BCUT2D eigenvalue weighted by atomic mass is 10.0. The van der Waals surface area contributed by atoms with Crippen LogP contribution in [0.15, 0.2) is 55.1 Å². The Labute approximate surface area is 268 Å². The summed E-state index contributed by atoms with van der Waals surface area (Å²) in [5, 5.41) is 0.425. The molecule has 2 aromatic carbocycles. The average Bonchev–Trinajstić information content (AvgIpc) is 3.35. The summed E-state index contributed by atoms with van der Waals surface area (Å²) in [5.74, 6) is -2.36. The number of hydrogen-bond acceptors (Lipinski definition) is 8. The molecule has 0 atom stereocenters. The van der Waals surface area contributed by atoms with Gasteiger partial charge in [-0.25, -0.2) is 19.0 Å². The lowest BCUT2D eigenvalue weighted by molar-refractivity contribution is -0.574. The summed E-state index contributed by atoms with van der Waals surface area (Å²) in [6.45, 7) is 0.582. The Hall–Kier alpha value is -3.68. The van der Waals surface area contributed by atoms with E-state index in [1.54, 1.807) is 6.07 Å². The first-order valence-electron chi connectivity index (χ1n) is 13.6. The average molecular weight is 727 g/mol. The molecule has 266 valence electrons. The Morgan fingerprint density at radius 1 is 0.812 bits per heavy atom. The third kappa shape index (κ3) is 12.4. The second kappa shape index (κ2) is 15.3. The van der Waals surface area contributed by atoms with Crippen LogP contribution in [0.3, 0.4) is 0 Å². The Morgan fingerprint density at radius 3 is 2.06 bits per heavy atom. The van der Waals surface area contributed by atoms with Crippen LogP contribution in [0.5, 0.6) is 11.5 Å². The molecule has 0 aliphatic rings. The number of carbonyl (C=O) groups is 1. The van der Waals surface area contributed by atoms with Crippen LogP contribution >= 0.6 is 11.3 Å². The van der Waals surface area contributed by atoms with E-state index in [0.717, 1.165) is 42.7 Å². The van der Waals surface area contributed by atoms with Gasteiger partial charge in [0, 0.05) is 21.2 Å². The zero-order valence-corrected chi connectivity index (χ0v) is 25.3. The number of unbranched alkanes of at least 4 members (excludes halogenated alkanes) is 2. The second-order valence-electron chi connectivity index (χ2n) is 9.75.